The number of piperazine rings is 1. The minimum Gasteiger partial charge on any atom is -0.480 e. The van der Waals surface area contributed by atoms with Crippen LogP contribution in [0.1, 0.15) is 11.1 Å². The van der Waals surface area contributed by atoms with E-state index in [9.17, 15) is 9.59 Å². The number of hydrogen-bond acceptors (Lipinski definition) is 4. The van der Waals surface area contributed by atoms with E-state index in [4.69, 9.17) is 5.11 Å². The standard InChI is InChI=1S/C16H23N3O3/c1-12-4-3-5-14(13(12)2)19-8-6-18(7-9-19)11-15(20)17-10-16(21)22/h3-5H,6-11H2,1-2H3,(H,17,20)(H,21,22). The maximum atomic E-state index is 11.6. The highest BCUT2D eigenvalue weighted by atomic mass is 16.4. The Bertz CT molecular complexity index is 552. The van der Waals surface area contributed by atoms with Crippen molar-refractivity contribution in [1.29, 1.82) is 0 Å². The molecule has 6 nitrogen and oxygen atoms in total. The van der Waals surface area contributed by atoms with Gasteiger partial charge in [-0.15, -0.1) is 0 Å². The van der Waals surface area contributed by atoms with Crippen molar-refractivity contribution in [2.45, 2.75) is 13.8 Å². The van der Waals surface area contributed by atoms with Gasteiger partial charge in [0.15, 0.2) is 0 Å². The first kappa shape index (κ1) is 16.3. The number of nitrogens with zero attached hydrogens (tertiary/aromatic N) is 2. The summed E-state index contributed by atoms with van der Waals surface area (Å²) >= 11 is 0. The van der Waals surface area contributed by atoms with Gasteiger partial charge in [0.05, 0.1) is 6.54 Å². The molecule has 1 fully saturated rings. The zero-order chi connectivity index (χ0) is 16.1. The molecule has 0 unspecified atom stereocenters. The first-order chi connectivity index (χ1) is 10.5. The van der Waals surface area contributed by atoms with Crippen molar-refractivity contribution in [3.63, 3.8) is 0 Å². The average Bonchev–Trinajstić information content (AvgIpc) is 2.49. The van der Waals surface area contributed by atoms with Crippen LogP contribution < -0.4 is 10.2 Å². The van der Waals surface area contributed by atoms with E-state index in [0.717, 1.165) is 26.2 Å². The summed E-state index contributed by atoms with van der Waals surface area (Å²) < 4.78 is 0. The van der Waals surface area contributed by atoms with Crippen molar-refractivity contribution in [1.82, 2.24) is 10.2 Å². The fraction of sp³-hybridized carbons (Fsp3) is 0.500. The molecule has 0 saturated carbocycles. The van der Waals surface area contributed by atoms with Crippen LogP contribution in [0.3, 0.4) is 0 Å². The van der Waals surface area contributed by atoms with Crippen LogP contribution in [0.4, 0.5) is 5.69 Å². The van der Waals surface area contributed by atoms with Gasteiger partial charge in [-0.2, -0.15) is 0 Å². The smallest absolute Gasteiger partial charge is 0.322 e. The molecule has 0 aromatic heterocycles. The Morgan fingerprint density at radius 3 is 2.50 bits per heavy atom. The van der Waals surface area contributed by atoms with Crippen LogP contribution in [0.25, 0.3) is 0 Å². The highest BCUT2D eigenvalue weighted by Crippen LogP contribution is 2.23. The SMILES string of the molecule is Cc1cccc(N2CCN(CC(=O)NCC(=O)O)CC2)c1C. The summed E-state index contributed by atoms with van der Waals surface area (Å²) in [6.45, 7) is 7.53. The minimum atomic E-state index is -1.02. The van der Waals surface area contributed by atoms with Crippen LogP contribution >= 0.6 is 0 Å². The van der Waals surface area contributed by atoms with Crippen LogP contribution in [-0.4, -0.2) is 61.2 Å². The summed E-state index contributed by atoms with van der Waals surface area (Å²) in [6, 6.07) is 6.32. The Morgan fingerprint density at radius 1 is 1.18 bits per heavy atom. The average molecular weight is 305 g/mol. The monoisotopic (exact) mass is 305 g/mol. The molecule has 1 saturated heterocycles. The van der Waals surface area contributed by atoms with Crippen LogP contribution in [-0.2, 0) is 9.59 Å². The summed E-state index contributed by atoms with van der Waals surface area (Å²) in [5.74, 6) is -1.25. The fourth-order valence-corrected chi connectivity index (χ4v) is 2.66. The van der Waals surface area contributed by atoms with E-state index in [2.05, 4.69) is 47.2 Å². The quantitative estimate of drug-likeness (QED) is 0.834. The lowest BCUT2D eigenvalue weighted by Gasteiger charge is -2.36. The number of anilines is 1. The number of hydrogen-bond donors (Lipinski definition) is 2. The molecule has 1 aromatic rings. The largest absolute Gasteiger partial charge is 0.480 e. The van der Waals surface area contributed by atoms with Crippen molar-refractivity contribution in [3.05, 3.63) is 29.3 Å². The Morgan fingerprint density at radius 2 is 1.86 bits per heavy atom. The van der Waals surface area contributed by atoms with Crippen LogP contribution in [0.2, 0.25) is 0 Å². The lowest BCUT2D eigenvalue weighted by atomic mass is 10.1. The number of nitrogens with one attached hydrogen (secondary N) is 1. The van der Waals surface area contributed by atoms with Gasteiger partial charge in [0.1, 0.15) is 6.54 Å². The van der Waals surface area contributed by atoms with Gasteiger partial charge in [0.25, 0.3) is 0 Å². The number of benzene rings is 1. The third-order valence-corrected chi connectivity index (χ3v) is 4.09. The molecule has 6 heteroatoms. The maximum absolute atomic E-state index is 11.6. The maximum Gasteiger partial charge on any atom is 0.322 e. The number of carboxylic acids is 1. The predicted octanol–water partition coefficient (Wildman–Crippen LogP) is 0.626. The minimum absolute atomic E-state index is 0.234. The summed E-state index contributed by atoms with van der Waals surface area (Å²) in [5.41, 5.74) is 3.85. The zero-order valence-electron chi connectivity index (χ0n) is 13.1. The van der Waals surface area contributed by atoms with Crippen molar-refractivity contribution >= 4 is 17.6 Å². The summed E-state index contributed by atoms with van der Waals surface area (Å²) in [5, 5.41) is 10.9. The Kier molecular flexibility index (Phi) is 5.38. The predicted molar refractivity (Wildman–Crippen MR) is 85.2 cm³/mol. The molecule has 0 aliphatic carbocycles. The first-order valence-corrected chi connectivity index (χ1v) is 7.49. The molecule has 0 atom stereocenters. The van der Waals surface area contributed by atoms with Crippen molar-refractivity contribution in [3.8, 4) is 0 Å². The number of amides is 1. The normalized spacial score (nSPS) is 15.6. The molecule has 0 radical (unpaired) electrons. The molecule has 1 aliphatic rings. The second kappa shape index (κ2) is 7.26. The number of aliphatic carboxylic acids is 1. The van der Waals surface area contributed by atoms with E-state index in [1.165, 1.54) is 16.8 Å². The highest BCUT2D eigenvalue weighted by Gasteiger charge is 2.20. The molecule has 120 valence electrons. The third-order valence-electron chi connectivity index (χ3n) is 4.09. The lowest BCUT2D eigenvalue weighted by Crippen LogP contribution is -2.50. The van der Waals surface area contributed by atoms with Gasteiger partial charge in [-0.1, -0.05) is 12.1 Å². The van der Waals surface area contributed by atoms with E-state index >= 15 is 0 Å². The highest BCUT2D eigenvalue weighted by molar-refractivity contribution is 5.82. The Balaban J connectivity index is 1.84. The van der Waals surface area contributed by atoms with Crippen LogP contribution in [0.5, 0.6) is 0 Å². The van der Waals surface area contributed by atoms with Gasteiger partial charge < -0.3 is 15.3 Å². The summed E-state index contributed by atoms with van der Waals surface area (Å²) in [7, 11) is 0. The number of carbonyl (C=O) groups is 2. The molecular formula is C16H23N3O3. The summed E-state index contributed by atoms with van der Waals surface area (Å²) in [4.78, 5) is 26.5. The lowest BCUT2D eigenvalue weighted by molar-refractivity contribution is -0.138. The molecule has 1 amide bonds. The second-order valence-electron chi connectivity index (χ2n) is 5.65. The molecule has 22 heavy (non-hydrogen) atoms. The second-order valence-corrected chi connectivity index (χ2v) is 5.65. The van der Waals surface area contributed by atoms with E-state index in [1.807, 2.05) is 0 Å². The van der Waals surface area contributed by atoms with Crippen LogP contribution in [0, 0.1) is 13.8 Å². The van der Waals surface area contributed by atoms with Crippen molar-refractivity contribution < 1.29 is 14.7 Å². The molecule has 0 bridgehead atoms. The molecular weight excluding hydrogens is 282 g/mol. The number of carboxylic acid groups (broad SMARTS) is 1. The fourth-order valence-electron chi connectivity index (χ4n) is 2.66. The third kappa shape index (κ3) is 4.21. The van der Waals surface area contributed by atoms with Crippen LogP contribution in [0.15, 0.2) is 18.2 Å². The molecule has 0 spiro atoms. The number of aryl methyl sites for hydroxylation is 1. The van der Waals surface area contributed by atoms with E-state index in [-0.39, 0.29) is 19.0 Å². The van der Waals surface area contributed by atoms with E-state index in [0.29, 0.717) is 0 Å². The summed E-state index contributed by atoms with van der Waals surface area (Å²) in [6.07, 6.45) is 0. The molecule has 1 aromatic carbocycles. The molecule has 1 aliphatic heterocycles. The van der Waals surface area contributed by atoms with Gasteiger partial charge >= 0.3 is 5.97 Å². The van der Waals surface area contributed by atoms with Gasteiger partial charge in [-0.3, -0.25) is 14.5 Å². The number of carbonyl (C=O) groups excluding carboxylic acids is 1. The van der Waals surface area contributed by atoms with Gasteiger partial charge in [0, 0.05) is 31.9 Å². The van der Waals surface area contributed by atoms with Gasteiger partial charge in [-0.05, 0) is 31.0 Å². The van der Waals surface area contributed by atoms with E-state index in [1.54, 1.807) is 0 Å². The van der Waals surface area contributed by atoms with Gasteiger partial charge in [-0.25, -0.2) is 0 Å². The zero-order valence-corrected chi connectivity index (χ0v) is 13.1. The first-order valence-electron chi connectivity index (χ1n) is 7.49. The van der Waals surface area contributed by atoms with E-state index < -0.39 is 5.97 Å². The number of rotatable bonds is 5. The van der Waals surface area contributed by atoms with Crippen molar-refractivity contribution in [2.24, 2.45) is 0 Å². The topological polar surface area (TPSA) is 72.9 Å². The Hall–Kier alpha value is -2.08. The molecule has 2 N–H and O–H groups in total. The molecule has 1 heterocycles. The van der Waals surface area contributed by atoms with Crippen molar-refractivity contribution in [2.75, 3.05) is 44.2 Å². The molecule has 2 rings (SSSR count). The Labute approximate surface area is 130 Å². The van der Waals surface area contributed by atoms with Gasteiger partial charge in [0.2, 0.25) is 5.91 Å².